The van der Waals surface area contributed by atoms with Gasteiger partial charge in [-0.2, -0.15) is 0 Å². The Morgan fingerprint density at radius 3 is 1.14 bits per heavy atom. The van der Waals surface area contributed by atoms with E-state index in [1.54, 1.807) is 0 Å². The fourth-order valence-electron chi connectivity index (χ4n) is 14.8. The summed E-state index contributed by atoms with van der Waals surface area (Å²) < 4.78 is 54.8. The number of phosphoric acid groups is 1. The lowest BCUT2D eigenvalue weighted by atomic mass is 9.95. The Kier molecular flexibility index (Phi) is 68.7. The highest BCUT2D eigenvalue weighted by Gasteiger charge is 2.53. The van der Waals surface area contributed by atoms with Crippen molar-refractivity contribution in [2.75, 3.05) is 13.2 Å². The van der Waals surface area contributed by atoms with Crippen LogP contribution in [-0.4, -0.2) is 170 Å². The smallest absolute Gasteiger partial charge is 0.462 e. The Morgan fingerprint density at radius 1 is 0.416 bits per heavy atom. The molecular weight excluding hydrogens is 1470 g/mol. The number of ether oxygens (including phenoxy) is 6. The van der Waals surface area contributed by atoms with Gasteiger partial charge in [-0.05, 0) is 51.4 Å². The number of rotatable bonds is 80. The molecule has 24 nitrogen and oxygen atoms in total. The summed E-state index contributed by atoms with van der Waals surface area (Å²) in [6.45, 7) is 10.8. The highest BCUT2D eigenvalue weighted by Crippen LogP contribution is 2.43. The summed E-state index contributed by atoms with van der Waals surface area (Å²) in [5, 5.41) is 62.6. The number of esters is 4. The molecule has 0 saturated carbocycles. The van der Waals surface area contributed by atoms with Gasteiger partial charge >= 0.3 is 31.7 Å². The van der Waals surface area contributed by atoms with E-state index in [-0.39, 0.29) is 44.8 Å². The molecular formula is C88H165N2O22P. The van der Waals surface area contributed by atoms with E-state index in [4.69, 9.17) is 32.9 Å². The van der Waals surface area contributed by atoms with Gasteiger partial charge in [-0.15, -0.1) is 0 Å². The molecule has 113 heavy (non-hydrogen) atoms. The predicted octanol–water partition coefficient (Wildman–Crippen LogP) is 18.0. The number of carbonyl (C=O) groups excluding carboxylic acids is 7. The first kappa shape index (κ1) is 107. The molecule has 1 heterocycles. The maximum atomic E-state index is 15.0. The molecule has 0 aromatic carbocycles. The van der Waals surface area contributed by atoms with Gasteiger partial charge in [0.05, 0.1) is 51.1 Å². The molecule has 0 aromatic heterocycles. The van der Waals surface area contributed by atoms with Gasteiger partial charge in [0.15, 0.2) is 18.5 Å². The second-order valence-electron chi connectivity index (χ2n) is 32.5. The van der Waals surface area contributed by atoms with Crippen LogP contribution in [0.25, 0.3) is 0 Å². The first-order chi connectivity index (χ1) is 54.6. The van der Waals surface area contributed by atoms with Crippen LogP contribution in [0.15, 0.2) is 0 Å². The Balaban J connectivity index is 4.00. The normalized spacial score (nSPS) is 18.0. The van der Waals surface area contributed by atoms with Crippen LogP contribution < -0.4 is 10.6 Å². The zero-order chi connectivity index (χ0) is 83.4. The van der Waals surface area contributed by atoms with E-state index < -0.39 is 162 Å². The molecule has 0 unspecified atom stereocenters. The van der Waals surface area contributed by atoms with Gasteiger partial charge in [0, 0.05) is 12.8 Å². The van der Waals surface area contributed by atoms with E-state index >= 15 is 0 Å². The number of hydrogen-bond donors (Lipinski definition) is 9. The quantitative estimate of drug-likeness (QED) is 0.00898. The number of amides is 2. The third kappa shape index (κ3) is 58.8. The summed E-state index contributed by atoms with van der Waals surface area (Å²) in [6.07, 6.45) is 29.9. The lowest BCUT2D eigenvalue weighted by Gasteiger charge is -2.45. The van der Waals surface area contributed by atoms with Crippen molar-refractivity contribution < 1.29 is 106 Å². The van der Waals surface area contributed by atoms with Crippen LogP contribution in [0.1, 0.15) is 427 Å². The van der Waals surface area contributed by atoms with E-state index in [1.165, 1.54) is 38.5 Å². The molecule has 1 saturated heterocycles. The molecule has 25 heteroatoms. The topological polar surface area (TPSA) is 367 Å². The molecule has 1 aliphatic rings. The third-order valence-electron chi connectivity index (χ3n) is 21.7. The number of carbonyl (C=O) groups is 7. The van der Waals surface area contributed by atoms with Gasteiger partial charge in [-0.25, -0.2) is 4.57 Å². The van der Waals surface area contributed by atoms with Crippen LogP contribution in [0.2, 0.25) is 0 Å². The highest BCUT2D eigenvalue weighted by atomic mass is 31.2. The molecule has 9 N–H and O–H groups in total. The van der Waals surface area contributed by atoms with Gasteiger partial charge in [0.2, 0.25) is 11.8 Å². The number of aliphatic hydroxyl groups is 5. The number of aldehydes is 1. The van der Waals surface area contributed by atoms with Crippen molar-refractivity contribution in [2.45, 2.75) is 506 Å². The van der Waals surface area contributed by atoms with Gasteiger partial charge in [-0.3, -0.25) is 33.3 Å². The zero-order valence-corrected chi connectivity index (χ0v) is 72.5. The summed E-state index contributed by atoms with van der Waals surface area (Å²) in [6, 6.07) is -3.75. The second-order valence-corrected chi connectivity index (χ2v) is 33.7. The van der Waals surface area contributed by atoms with Gasteiger partial charge in [0.25, 0.3) is 0 Å². The summed E-state index contributed by atoms with van der Waals surface area (Å²) in [5.41, 5.74) is 0. The maximum Gasteiger partial charge on any atom is 0.470 e. The SMILES string of the molecule is CCCCCCCCCCC[C@@H](O)CC(=O)N[C@@H](C=O)[C@@H](OC(=O)C[C@H](O)CCCCCCCCCCC)[C@H](O)[C@H](O)CO[C@@H]1O[C@H](CO)[C@@H](OP(=O)(O)O)[C@H](OC(=O)C[C@@H](CCCCCCCCCCC)OC(=O)CCCCCCCCC)[C@H]1NC(=O)C[C@@H](CCCCCCCCCCC)OC(=O)CCCCCCCCC. The molecule has 1 rings (SSSR count). The van der Waals surface area contributed by atoms with Gasteiger partial charge < -0.3 is 79.2 Å². The summed E-state index contributed by atoms with van der Waals surface area (Å²) in [4.78, 5) is 119. The lowest BCUT2D eigenvalue weighted by molar-refractivity contribution is -0.278. The lowest BCUT2D eigenvalue weighted by Crippen LogP contribution is -2.66. The molecule has 0 spiro atoms. The summed E-state index contributed by atoms with van der Waals surface area (Å²) >= 11 is 0. The minimum absolute atomic E-state index is 0.0927. The van der Waals surface area contributed by atoms with Crippen LogP contribution in [-0.2, 0) is 71.1 Å². The molecule has 0 bridgehead atoms. The second kappa shape index (κ2) is 72.3. The summed E-state index contributed by atoms with van der Waals surface area (Å²) in [7, 11) is -5.63. The van der Waals surface area contributed by atoms with Crippen LogP contribution in [0, 0.1) is 0 Å². The minimum atomic E-state index is -5.63. The van der Waals surface area contributed by atoms with Crippen molar-refractivity contribution in [2.24, 2.45) is 0 Å². The molecule has 1 aliphatic heterocycles. The van der Waals surface area contributed by atoms with Crippen molar-refractivity contribution in [3.63, 3.8) is 0 Å². The van der Waals surface area contributed by atoms with Crippen molar-refractivity contribution >= 4 is 49.8 Å². The Hall–Kier alpha value is -3.68. The molecule has 664 valence electrons. The average Bonchev–Trinajstić information content (AvgIpc) is 0.779. The number of aliphatic hydroxyl groups excluding tert-OH is 5. The molecule has 0 radical (unpaired) electrons. The zero-order valence-electron chi connectivity index (χ0n) is 71.6. The first-order valence-corrected chi connectivity index (χ1v) is 47.3. The van der Waals surface area contributed by atoms with Crippen molar-refractivity contribution in [3.8, 4) is 0 Å². The van der Waals surface area contributed by atoms with Gasteiger partial charge in [0.1, 0.15) is 55.0 Å². The number of phosphoric ester groups is 1. The van der Waals surface area contributed by atoms with E-state index in [2.05, 4.69) is 52.2 Å². The van der Waals surface area contributed by atoms with Crippen molar-refractivity contribution in [1.29, 1.82) is 0 Å². The van der Waals surface area contributed by atoms with E-state index in [0.29, 0.717) is 38.5 Å². The first-order valence-electron chi connectivity index (χ1n) is 45.8. The monoisotopic (exact) mass is 1630 g/mol. The van der Waals surface area contributed by atoms with Gasteiger partial charge in [-0.1, -0.05) is 337 Å². The van der Waals surface area contributed by atoms with E-state index in [9.17, 15) is 73.4 Å². The number of hydrogen-bond acceptors (Lipinski definition) is 20. The van der Waals surface area contributed by atoms with Crippen molar-refractivity contribution in [3.05, 3.63) is 0 Å². The third-order valence-corrected chi connectivity index (χ3v) is 22.2. The predicted molar refractivity (Wildman–Crippen MR) is 443 cm³/mol. The Labute approximate surface area is 683 Å². The number of nitrogens with one attached hydrogen (secondary N) is 2. The fraction of sp³-hybridized carbons (Fsp3) is 0.920. The fourth-order valence-corrected chi connectivity index (χ4v) is 15.4. The van der Waals surface area contributed by atoms with Crippen LogP contribution in [0.4, 0.5) is 0 Å². The van der Waals surface area contributed by atoms with E-state index in [0.717, 1.165) is 244 Å². The standard InChI is InChI=1S/C88H165N2O22P/c1-7-13-19-25-31-35-41-45-51-57-70(93)63-77(96)89-74(67-91)85(110-81(100)64-71(94)58-52-46-42-36-32-26-20-14-8-2)84(102)75(95)69-106-88-83(90-78(97)65-72(59-53-47-43-37-33-27-21-15-9-3)107-79(98)61-55-49-39-29-23-17-11-5)87(86(76(68-92)109-88)112-113(103,104)105)111-82(101)66-73(60-54-48-44-38-34-28-22-16-10-4)108-80(99)62-56-50-40-30-24-18-12-6/h67,70-76,83-88,92-95,102H,7-66,68-69H2,1-6H3,(H,89,96)(H,90,97)(H2,103,104,105)/t70-,71-,72-,73-,74+,75-,76-,83-,84-,85-,86-,87-,88-/m1/s1. The van der Waals surface area contributed by atoms with E-state index in [1.807, 2.05) is 0 Å². The largest absolute Gasteiger partial charge is 0.470 e. The van der Waals surface area contributed by atoms with Crippen LogP contribution >= 0.6 is 7.82 Å². The van der Waals surface area contributed by atoms with Crippen LogP contribution in [0.5, 0.6) is 0 Å². The highest BCUT2D eigenvalue weighted by molar-refractivity contribution is 7.46. The molecule has 0 aliphatic carbocycles. The maximum absolute atomic E-state index is 15.0. The Morgan fingerprint density at radius 2 is 0.770 bits per heavy atom. The molecule has 0 aromatic rings. The molecule has 1 fully saturated rings. The average molecular weight is 1630 g/mol. The van der Waals surface area contributed by atoms with Crippen LogP contribution in [0.3, 0.4) is 0 Å². The Bertz CT molecular complexity index is 2390. The summed E-state index contributed by atoms with van der Waals surface area (Å²) in [5.74, 6) is -4.91. The van der Waals surface area contributed by atoms with Crippen molar-refractivity contribution in [1.82, 2.24) is 10.6 Å². The number of unbranched alkanes of at least 4 members (excludes halogenated alkanes) is 44. The molecule has 2 amide bonds. The molecule has 13 atom stereocenters. The minimum Gasteiger partial charge on any atom is -0.462 e.